The molecule has 1 aromatic rings. The van der Waals surface area contributed by atoms with Crippen molar-refractivity contribution in [3.05, 3.63) is 24.0 Å². The summed E-state index contributed by atoms with van der Waals surface area (Å²) in [5.41, 5.74) is 1.34. The lowest BCUT2D eigenvalue weighted by Gasteiger charge is -2.05. The summed E-state index contributed by atoms with van der Waals surface area (Å²) in [7, 11) is 0. The number of unbranched alkanes of at least 4 members (excludes halogenated alkanes) is 2. The van der Waals surface area contributed by atoms with Crippen LogP contribution in [-0.4, -0.2) is 11.1 Å². The predicted octanol–water partition coefficient (Wildman–Crippen LogP) is 2.93. The Balaban J connectivity index is 2.21. The van der Waals surface area contributed by atoms with Gasteiger partial charge in [-0.2, -0.15) is 5.26 Å². The van der Waals surface area contributed by atoms with Crippen LogP contribution >= 0.6 is 0 Å². The first kappa shape index (κ1) is 13.8. The molecule has 1 heterocycles. The Kier molecular flexibility index (Phi) is 6.42. The third kappa shape index (κ3) is 6.13. The number of nitrogens with one attached hydrogen (secondary N) is 1. The van der Waals surface area contributed by atoms with Gasteiger partial charge in [-0.3, -0.25) is 0 Å². The fourth-order valence-electron chi connectivity index (χ4n) is 1.74. The topological polar surface area (TPSA) is 40.8 Å². The molecule has 1 rings (SSSR count). The predicted molar refractivity (Wildman–Crippen MR) is 70.4 cm³/mol. The van der Waals surface area contributed by atoms with Crippen LogP contribution in [0.5, 0.6) is 0 Å². The van der Waals surface area contributed by atoms with Crippen molar-refractivity contribution in [1.82, 2.24) is 9.88 Å². The van der Waals surface area contributed by atoms with E-state index in [-0.39, 0.29) is 0 Å². The van der Waals surface area contributed by atoms with Crippen LogP contribution < -0.4 is 5.32 Å². The van der Waals surface area contributed by atoms with Crippen LogP contribution in [0.25, 0.3) is 0 Å². The average Bonchev–Trinajstić information content (AvgIpc) is 2.72. The van der Waals surface area contributed by atoms with Gasteiger partial charge in [0.05, 0.1) is 6.07 Å². The molecular formula is C14H23N3. The molecule has 3 nitrogen and oxygen atoms in total. The number of aromatic nitrogens is 1. The summed E-state index contributed by atoms with van der Waals surface area (Å²) in [6.07, 6.45) is 7.07. The van der Waals surface area contributed by atoms with Gasteiger partial charge in [0.2, 0.25) is 0 Å². The van der Waals surface area contributed by atoms with Crippen LogP contribution in [0, 0.1) is 17.2 Å². The number of aryl methyl sites for hydroxylation is 1. The van der Waals surface area contributed by atoms with E-state index in [0.717, 1.165) is 32.5 Å². The van der Waals surface area contributed by atoms with Crippen LogP contribution in [0.1, 0.15) is 38.7 Å². The van der Waals surface area contributed by atoms with Crippen molar-refractivity contribution < 1.29 is 0 Å². The Hall–Kier alpha value is -1.27. The Morgan fingerprint density at radius 1 is 1.41 bits per heavy atom. The molecule has 3 heteroatoms. The lowest BCUT2D eigenvalue weighted by molar-refractivity contribution is 0.551. The lowest BCUT2D eigenvalue weighted by Crippen LogP contribution is -2.18. The molecular weight excluding hydrogens is 210 g/mol. The van der Waals surface area contributed by atoms with E-state index < -0.39 is 0 Å². The summed E-state index contributed by atoms with van der Waals surface area (Å²) in [6.45, 7) is 7.46. The first-order valence-electron chi connectivity index (χ1n) is 6.44. The third-order valence-electron chi connectivity index (χ3n) is 2.65. The largest absolute Gasteiger partial charge is 0.354 e. The highest BCUT2D eigenvalue weighted by atomic mass is 14.9. The number of nitriles is 1. The summed E-state index contributed by atoms with van der Waals surface area (Å²) >= 11 is 0. The quantitative estimate of drug-likeness (QED) is 0.701. The van der Waals surface area contributed by atoms with E-state index >= 15 is 0 Å². The van der Waals surface area contributed by atoms with Crippen LogP contribution in [-0.2, 0) is 13.1 Å². The monoisotopic (exact) mass is 233 g/mol. The summed E-state index contributed by atoms with van der Waals surface area (Å²) in [5, 5.41) is 11.9. The Morgan fingerprint density at radius 3 is 2.94 bits per heavy atom. The van der Waals surface area contributed by atoms with Gasteiger partial charge in [-0.15, -0.1) is 0 Å². The normalized spacial score (nSPS) is 10.7. The van der Waals surface area contributed by atoms with Gasteiger partial charge in [0.1, 0.15) is 0 Å². The fraction of sp³-hybridized carbons (Fsp3) is 0.643. The maximum atomic E-state index is 8.44. The summed E-state index contributed by atoms with van der Waals surface area (Å²) < 4.78 is 2.21. The molecule has 0 spiro atoms. The SMILES string of the molecule is CC(C)CNCc1ccn(CCCCC#N)c1. The fourth-order valence-corrected chi connectivity index (χ4v) is 1.74. The van der Waals surface area contributed by atoms with E-state index in [4.69, 9.17) is 5.26 Å². The molecule has 0 aliphatic heterocycles. The molecule has 0 atom stereocenters. The number of hydrogen-bond acceptors (Lipinski definition) is 2. The van der Waals surface area contributed by atoms with Gasteiger partial charge in [-0.05, 0) is 36.9 Å². The van der Waals surface area contributed by atoms with E-state index in [2.05, 4.69) is 48.3 Å². The van der Waals surface area contributed by atoms with E-state index in [0.29, 0.717) is 12.3 Å². The van der Waals surface area contributed by atoms with Crippen molar-refractivity contribution in [2.45, 2.75) is 46.2 Å². The molecule has 0 aliphatic rings. The first-order valence-corrected chi connectivity index (χ1v) is 6.44. The van der Waals surface area contributed by atoms with Crippen molar-refractivity contribution in [2.24, 2.45) is 5.92 Å². The van der Waals surface area contributed by atoms with Crippen LogP contribution in [0.4, 0.5) is 0 Å². The average molecular weight is 233 g/mol. The Morgan fingerprint density at radius 2 is 2.24 bits per heavy atom. The van der Waals surface area contributed by atoms with Crippen LogP contribution in [0.2, 0.25) is 0 Å². The molecule has 0 amide bonds. The zero-order chi connectivity index (χ0) is 12.5. The zero-order valence-electron chi connectivity index (χ0n) is 10.9. The summed E-state index contributed by atoms with van der Waals surface area (Å²) in [5.74, 6) is 0.697. The number of hydrogen-bond donors (Lipinski definition) is 1. The molecule has 0 fully saturated rings. The second kappa shape index (κ2) is 7.92. The minimum atomic E-state index is 0.671. The van der Waals surface area contributed by atoms with Crippen LogP contribution in [0.15, 0.2) is 18.5 Å². The summed E-state index contributed by atoms with van der Waals surface area (Å²) in [4.78, 5) is 0. The van der Waals surface area contributed by atoms with Gasteiger partial charge < -0.3 is 9.88 Å². The molecule has 94 valence electrons. The van der Waals surface area contributed by atoms with Gasteiger partial charge in [0, 0.05) is 31.9 Å². The molecule has 0 unspecified atom stereocenters. The van der Waals surface area contributed by atoms with Gasteiger partial charge in [0.15, 0.2) is 0 Å². The van der Waals surface area contributed by atoms with Crippen molar-refractivity contribution >= 4 is 0 Å². The molecule has 0 saturated heterocycles. The van der Waals surface area contributed by atoms with Crippen molar-refractivity contribution in [3.8, 4) is 6.07 Å². The molecule has 0 saturated carbocycles. The van der Waals surface area contributed by atoms with Crippen molar-refractivity contribution in [2.75, 3.05) is 6.54 Å². The second-order valence-corrected chi connectivity index (χ2v) is 4.90. The zero-order valence-corrected chi connectivity index (χ0v) is 10.9. The second-order valence-electron chi connectivity index (χ2n) is 4.90. The smallest absolute Gasteiger partial charge is 0.0621 e. The highest BCUT2D eigenvalue weighted by Crippen LogP contribution is 2.04. The molecule has 0 bridgehead atoms. The highest BCUT2D eigenvalue weighted by Gasteiger charge is 1.98. The Labute approximate surface area is 104 Å². The maximum absolute atomic E-state index is 8.44. The first-order chi connectivity index (χ1) is 8.22. The molecule has 0 aliphatic carbocycles. The van der Waals surface area contributed by atoms with Crippen molar-refractivity contribution in [1.29, 1.82) is 5.26 Å². The number of rotatable bonds is 8. The van der Waals surface area contributed by atoms with Gasteiger partial charge in [-0.1, -0.05) is 13.8 Å². The molecule has 0 radical (unpaired) electrons. The van der Waals surface area contributed by atoms with Crippen molar-refractivity contribution in [3.63, 3.8) is 0 Å². The van der Waals surface area contributed by atoms with Gasteiger partial charge in [0.25, 0.3) is 0 Å². The van der Waals surface area contributed by atoms with Gasteiger partial charge >= 0.3 is 0 Å². The van der Waals surface area contributed by atoms with E-state index in [9.17, 15) is 0 Å². The molecule has 1 N–H and O–H groups in total. The molecule has 0 aromatic carbocycles. The maximum Gasteiger partial charge on any atom is 0.0621 e. The van der Waals surface area contributed by atoms with E-state index in [1.165, 1.54) is 5.56 Å². The standard InChI is InChI=1S/C14H23N3/c1-13(2)10-16-11-14-6-9-17(12-14)8-5-3-4-7-15/h6,9,12-13,16H,3-5,8,10-11H2,1-2H3. The molecule has 17 heavy (non-hydrogen) atoms. The minimum absolute atomic E-state index is 0.671. The highest BCUT2D eigenvalue weighted by molar-refractivity contribution is 5.09. The Bertz CT molecular complexity index is 347. The number of nitrogens with zero attached hydrogens (tertiary/aromatic N) is 2. The third-order valence-corrected chi connectivity index (χ3v) is 2.65. The minimum Gasteiger partial charge on any atom is -0.354 e. The van der Waals surface area contributed by atoms with E-state index in [1.807, 2.05) is 0 Å². The van der Waals surface area contributed by atoms with E-state index in [1.54, 1.807) is 0 Å². The molecule has 1 aromatic heterocycles. The van der Waals surface area contributed by atoms with Crippen LogP contribution in [0.3, 0.4) is 0 Å². The summed E-state index contributed by atoms with van der Waals surface area (Å²) in [6, 6.07) is 4.34. The van der Waals surface area contributed by atoms with Gasteiger partial charge in [-0.25, -0.2) is 0 Å². The lowest BCUT2D eigenvalue weighted by atomic mass is 10.2.